The minimum absolute atomic E-state index is 0.702. The van der Waals surface area contributed by atoms with Gasteiger partial charge in [0.15, 0.2) is 11.2 Å². The molecule has 0 spiro atoms. The molecular weight excluding hydrogens is 428 g/mol. The van der Waals surface area contributed by atoms with E-state index in [1.165, 1.54) is 16.7 Å². The third kappa shape index (κ3) is 7.44. The summed E-state index contributed by atoms with van der Waals surface area (Å²) >= 11 is -1.12. The molecule has 1 heterocycles. The van der Waals surface area contributed by atoms with Crippen LogP contribution in [-0.2, 0) is 11.2 Å². The molecule has 1 fully saturated rings. The fourth-order valence-electron chi connectivity index (χ4n) is 3.86. The molecule has 1 atom stereocenters. The standard InChI is InChI=1S/C28H36N2O2S/c1-4-10-27(11-5-2)30-22-21-29(33(30)31)20-7-6-8-23-32-28-18-16-26(17-19-28)25-13-9-12-24(3)14-15-25/h4-5,10-19H,1,6-9,20-23H2,2-3H3/b11-5-,27-10+. The maximum Gasteiger partial charge on any atom is 0.199 e. The number of nitrogens with zero attached hydrogens (tertiary/aromatic N) is 2. The van der Waals surface area contributed by atoms with Crippen LogP contribution in [0.2, 0.25) is 0 Å². The van der Waals surface area contributed by atoms with Crippen molar-refractivity contribution in [2.45, 2.75) is 39.5 Å². The van der Waals surface area contributed by atoms with E-state index in [4.69, 9.17) is 4.74 Å². The average molecular weight is 465 g/mol. The molecule has 0 amide bonds. The number of rotatable bonds is 11. The van der Waals surface area contributed by atoms with Gasteiger partial charge in [-0.3, -0.25) is 4.31 Å². The Bertz CT molecular complexity index is 970. The number of hydrogen-bond acceptors (Lipinski definition) is 2. The molecule has 4 nitrogen and oxygen atoms in total. The Hall–Kier alpha value is -2.63. The number of hydrogen-bond donors (Lipinski definition) is 0. The predicted octanol–water partition coefficient (Wildman–Crippen LogP) is 6.37. The zero-order valence-electron chi connectivity index (χ0n) is 19.9. The minimum Gasteiger partial charge on any atom is -0.494 e. The molecule has 176 valence electrons. The summed E-state index contributed by atoms with van der Waals surface area (Å²) in [4.78, 5) is 0. The first kappa shape index (κ1) is 25.0. The number of benzene rings is 1. The van der Waals surface area contributed by atoms with Crippen LogP contribution in [0.3, 0.4) is 0 Å². The van der Waals surface area contributed by atoms with E-state index < -0.39 is 11.2 Å². The van der Waals surface area contributed by atoms with E-state index in [-0.39, 0.29) is 0 Å². The van der Waals surface area contributed by atoms with E-state index in [1.54, 1.807) is 6.08 Å². The highest BCUT2D eigenvalue weighted by Gasteiger charge is 2.28. The molecular formula is C28H36N2O2S. The summed E-state index contributed by atoms with van der Waals surface area (Å²) in [6.45, 7) is 11.0. The van der Waals surface area contributed by atoms with Gasteiger partial charge in [0.2, 0.25) is 0 Å². The van der Waals surface area contributed by atoms with Crippen molar-refractivity contribution in [1.29, 1.82) is 0 Å². The number of ether oxygens (including phenoxy) is 1. The smallest absolute Gasteiger partial charge is 0.199 e. The van der Waals surface area contributed by atoms with Crippen molar-refractivity contribution in [3.05, 3.63) is 96.3 Å². The summed E-state index contributed by atoms with van der Waals surface area (Å²) in [5, 5.41) is 0. The summed E-state index contributed by atoms with van der Waals surface area (Å²) in [7, 11) is 0. The highest BCUT2D eigenvalue weighted by Crippen LogP contribution is 2.23. The molecule has 1 saturated heterocycles. The van der Waals surface area contributed by atoms with Gasteiger partial charge in [0, 0.05) is 19.6 Å². The van der Waals surface area contributed by atoms with Crippen molar-refractivity contribution >= 4 is 16.7 Å². The molecule has 0 bridgehead atoms. The van der Waals surface area contributed by atoms with E-state index in [0.717, 1.165) is 56.8 Å². The maximum atomic E-state index is 12.8. The van der Waals surface area contributed by atoms with Crippen molar-refractivity contribution in [2.24, 2.45) is 0 Å². The van der Waals surface area contributed by atoms with Crippen LogP contribution in [0.1, 0.15) is 45.1 Å². The Morgan fingerprint density at radius 2 is 1.94 bits per heavy atom. The monoisotopic (exact) mass is 464 g/mol. The summed E-state index contributed by atoms with van der Waals surface area (Å²) in [6, 6.07) is 8.36. The molecule has 1 unspecified atom stereocenters. The third-order valence-electron chi connectivity index (χ3n) is 5.69. The zero-order chi connectivity index (χ0) is 23.5. The minimum atomic E-state index is -1.12. The van der Waals surface area contributed by atoms with E-state index in [9.17, 15) is 4.21 Å². The number of unbranched alkanes of at least 4 members (excludes halogenated alkanes) is 2. The Kier molecular flexibility index (Phi) is 9.98. The fourth-order valence-corrected chi connectivity index (χ4v) is 5.21. The molecule has 1 aromatic rings. The van der Waals surface area contributed by atoms with E-state index in [2.05, 4.69) is 62.1 Å². The van der Waals surface area contributed by atoms with Gasteiger partial charge in [0.1, 0.15) is 5.75 Å². The van der Waals surface area contributed by atoms with Gasteiger partial charge >= 0.3 is 0 Å². The lowest BCUT2D eigenvalue weighted by Gasteiger charge is -2.19. The second-order valence-corrected chi connectivity index (χ2v) is 9.62. The van der Waals surface area contributed by atoms with Crippen LogP contribution in [0.4, 0.5) is 0 Å². The fraction of sp³-hybridized carbons (Fsp3) is 0.357. The summed E-state index contributed by atoms with van der Waals surface area (Å²) < 4.78 is 22.7. The highest BCUT2D eigenvalue weighted by atomic mass is 32.2. The quantitative estimate of drug-likeness (QED) is 0.282. The molecule has 33 heavy (non-hydrogen) atoms. The lowest BCUT2D eigenvalue weighted by molar-refractivity contribution is 0.302. The van der Waals surface area contributed by atoms with Gasteiger partial charge in [-0.1, -0.05) is 60.7 Å². The average Bonchev–Trinajstić information content (AvgIpc) is 3.03. The molecule has 0 N–H and O–H groups in total. The van der Waals surface area contributed by atoms with Crippen LogP contribution in [0, 0.1) is 0 Å². The molecule has 0 radical (unpaired) electrons. The Morgan fingerprint density at radius 3 is 2.70 bits per heavy atom. The maximum absolute atomic E-state index is 12.8. The van der Waals surface area contributed by atoms with Gasteiger partial charge in [-0.2, -0.15) is 0 Å². The Labute approximate surface area is 202 Å². The zero-order valence-corrected chi connectivity index (χ0v) is 20.7. The van der Waals surface area contributed by atoms with Gasteiger partial charge in [0.05, 0.1) is 12.3 Å². The second kappa shape index (κ2) is 13.2. The first-order valence-electron chi connectivity index (χ1n) is 11.8. The van der Waals surface area contributed by atoms with Gasteiger partial charge in [-0.25, -0.2) is 8.51 Å². The van der Waals surface area contributed by atoms with Crippen LogP contribution in [0.15, 0.2) is 90.7 Å². The van der Waals surface area contributed by atoms with Gasteiger partial charge in [-0.15, -0.1) is 0 Å². The van der Waals surface area contributed by atoms with Crippen LogP contribution < -0.4 is 4.74 Å². The molecule has 2 aliphatic rings. The van der Waals surface area contributed by atoms with Crippen LogP contribution in [0.25, 0.3) is 5.57 Å². The number of allylic oxidation sites excluding steroid dienone is 10. The Balaban J connectivity index is 1.35. The lowest BCUT2D eigenvalue weighted by Crippen LogP contribution is -2.27. The molecule has 1 aliphatic heterocycles. The van der Waals surface area contributed by atoms with Crippen molar-refractivity contribution in [2.75, 3.05) is 26.2 Å². The normalized spacial score (nSPS) is 19.5. The van der Waals surface area contributed by atoms with Gasteiger partial charge in [-0.05, 0) is 75.0 Å². The van der Waals surface area contributed by atoms with Crippen LogP contribution >= 0.6 is 0 Å². The van der Waals surface area contributed by atoms with E-state index >= 15 is 0 Å². The van der Waals surface area contributed by atoms with Crippen molar-refractivity contribution in [3.63, 3.8) is 0 Å². The first-order chi connectivity index (χ1) is 16.1. The van der Waals surface area contributed by atoms with Crippen LogP contribution in [-0.4, -0.2) is 39.1 Å². The Morgan fingerprint density at radius 1 is 1.12 bits per heavy atom. The lowest BCUT2D eigenvalue weighted by atomic mass is 10.0. The third-order valence-corrected chi connectivity index (χ3v) is 7.26. The summed E-state index contributed by atoms with van der Waals surface area (Å²) in [5.41, 5.74) is 4.73. The van der Waals surface area contributed by atoms with E-state index in [1.807, 2.05) is 33.8 Å². The highest BCUT2D eigenvalue weighted by molar-refractivity contribution is 7.80. The topological polar surface area (TPSA) is 32.8 Å². The SMILES string of the molecule is C=C/C=C(\C=C/C)N1CCN(CCCCCOc2ccc(C3=CCC=C(C)C=C3)cc2)S1=O. The second-order valence-electron chi connectivity index (χ2n) is 8.20. The van der Waals surface area contributed by atoms with Gasteiger partial charge in [0.25, 0.3) is 0 Å². The van der Waals surface area contributed by atoms with Crippen molar-refractivity contribution in [3.8, 4) is 5.75 Å². The molecule has 0 aromatic heterocycles. The molecule has 1 aliphatic carbocycles. The van der Waals surface area contributed by atoms with E-state index in [0.29, 0.717) is 6.61 Å². The van der Waals surface area contributed by atoms with Gasteiger partial charge < -0.3 is 4.74 Å². The van der Waals surface area contributed by atoms with Crippen molar-refractivity contribution in [1.82, 2.24) is 8.61 Å². The predicted molar refractivity (Wildman–Crippen MR) is 141 cm³/mol. The van der Waals surface area contributed by atoms with Crippen LogP contribution in [0.5, 0.6) is 5.75 Å². The summed E-state index contributed by atoms with van der Waals surface area (Å²) in [5.74, 6) is 0.910. The molecule has 1 aromatic carbocycles. The van der Waals surface area contributed by atoms with Crippen molar-refractivity contribution < 1.29 is 8.95 Å². The summed E-state index contributed by atoms with van der Waals surface area (Å²) in [6.07, 6.45) is 20.5. The first-order valence-corrected chi connectivity index (χ1v) is 12.9. The molecule has 3 rings (SSSR count). The largest absolute Gasteiger partial charge is 0.494 e. The molecule has 0 saturated carbocycles. The molecule has 5 heteroatoms.